The monoisotopic (exact) mass is 228 g/mol. The first-order chi connectivity index (χ1) is 8.11. The van der Waals surface area contributed by atoms with Crippen molar-refractivity contribution in [3.63, 3.8) is 0 Å². The summed E-state index contributed by atoms with van der Waals surface area (Å²) in [4.78, 5) is 4.03. The molecule has 1 heterocycles. The zero-order valence-corrected chi connectivity index (χ0v) is 10.0. The zero-order valence-electron chi connectivity index (χ0n) is 10.0. The molecule has 0 saturated carbocycles. The van der Waals surface area contributed by atoms with Crippen molar-refractivity contribution < 1.29 is 5.11 Å². The second-order valence-corrected chi connectivity index (χ2v) is 4.19. The third-order valence-electron chi connectivity index (χ3n) is 3.00. The number of rotatable bonds is 2. The van der Waals surface area contributed by atoms with Gasteiger partial charge in [0.25, 0.3) is 0 Å². The Morgan fingerprint density at radius 3 is 2.47 bits per heavy atom. The minimum atomic E-state index is -0.718. The molecule has 2 rings (SSSR count). The summed E-state index contributed by atoms with van der Waals surface area (Å²) in [6.45, 7) is 3.90. The molecule has 0 aliphatic heterocycles. The first-order valence-corrected chi connectivity index (χ1v) is 5.56. The van der Waals surface area contributed by atoms with E-state index in [1.165, 1.54) is 0 Å². The van der Waals surface area contributed by atoms with E-state index in [0.717, 1.165) is 16.7 Å². The highest BCUT2D eigenvalue weighted by molar-refractivity contribution is 5.49. The number of aliphatic hydroxyl groups is 1. The third-order valence-corrected chi connectivity index (χ3v) is 3.00. The van der Waals surface area contributed by atoms with Crippen LogP contribution < -0.4 is 5.73 Å². The minimum Gasteiger partial charge on any atom is -0.383 e. The van der Waals surface area contributed by atoms with Gasteiger partial charge in [-0.25, -0.2) is 4.98 Å². The molecule has 0 aliphatic rings. The summed E-state index contributed by atoms with van der Waals surface area (Å²) in [7, 11) is 0. The van der Waals surface area contributed by atoms with E-state index >= 15 is 0 Å². The number of aryl methyl sites for hydroxylation is 2. The first-order valence-electron chi connectivity index (χ1n) is 5.56. The maximum atomic E-state index is 10.4. The molecule has 2 aromatic rings. The number of anilines is 1. The maximum absolute atomic E-state index is 10.4. The number of hydrogen-bond donors (Lipinski definition) is 2. The quantitative estimate of drug-likeness (QED) is 0.829. The number of aliphatic hydroxyl groups excluding tert-OH is 1. The second-order valence-electron chi connectivity index (χ2n) is 4.19. The Morgan fingerprint density at radius 2 is 1.82 bits per heavy atom. The third kappa shape index (κ3) is 2.15. The molecule has 0 amide bonds. The highest BCUT2D eigenvalue weighted by Gasteiger charge is 2.17. The lowest BCUT2D eigenvalue weighted by Gasteiger charge is -2.17. The molecule has 0 spiro atoms. The van der Waals surface area contributed by atoms with Gasteiger partial charge in [-0.1, -0.05) is 24.3 Å². The molecule has 1 aromatic carbocycles. The Balaban J connectivity index is 2.51. The van der Waals surface area contributed by atoms with E-state index in [1.807, 2.05) is 44.2 Å². The number of nitrogen functional groups attached to an aromatic ring is 1. The van der Waals surface area contributed by atoms with E-state index in [-0.39, 0.29) is 0 Å². The Bertz CT molecular complexity index is 517. The van der Waals surface area contributed by atoms with Crippen LogP contribution in [-0.2, 0) is 0 Å². The van der Waals surface area contributed by atoms with Crippen LogP contribution in [0.25, 0.3) is 0 Å². The summed E-state index contributed by atoms with van der Waals surface area (Å²) < 4.78 is 0. The van der Waals surface area contributed by atoms with Gasteiger partial charge in [0.1, 0.15) is 11.9 Å². The van der Waals surface area contributed by atoms with E-state index in [4.69, 9.17) is 5.73 Å². The predicted octanol–water partition coefficient (Wildman–Crippen LogP) is 2.36. The average molecular weight is 228 g/mol. The summed E-state index contributed by atoms with van der Waals surface area (Å²) in [5.74, 6) is 0.390. The molecular weight excluding hydrogens is 212 g/mol. The van der Waals surface area contributed by atoms with Crippen molar-refractivity contribution in [1.29, 1.82) is 0 Å². The Morgan fingerprint density at radius 1 is 1.12 bits per heavy atom. The van der Waals surface area contributed by atoms with Crippen molar-refractivity contribution >= 4 is 5.82 Å². The van der Waals surface area contributed by atoms with E-state index in [1.54, 1.807) is 6.20 Å². The molecule has 0 aliphatic carbocycles. The maximum Gasteiger partial charge on any atom is 0.129 e. The normalized spacial score (nSPS) is 12.4. The van der Waals surface area contributed by atoms with Gasteiger partial charge in [0.15, 0.2) is 0 Å². The Hall–Kier alpha value is -1.87. The van der Waals surface area contributed by atoms with Crippen molar-refractivity contribution in [3.05, 3.63) is 58.8 Å². The lowest BCUT2D eigenvalue weighted by Crippen LogP contribution is -2.08. The van der Waals surface area contributed by atoms with Gasteiger partial charge in [0, 0.05) is 11.8 Å². The number of nitrogens with zero attached hydrogens (tertiary/aromatic N) is 1. The van der Waals surface area contributed by atoms with Gasteiger partial charge < -0.3 is 10.8 Å². The number of hydrogen-bond acceptors (Lipinski definition) is 3. The van der Waals surface area contributed by atoms with Crippen molar-refractivity contribution in [1.82, 2.24) is 4.98 Å². The summed E-state index contributed by atoms with van der Waals surface area (Å²) >= 11 is 0. The molecule has 17 heavy (non-hydrogen) atoms. The summed E-state index contributed by atoms with van der Waals surface area (Å²) in [6.07, 6.45) is 0.934. The smallest absolute Gasteiger partial charge is 0.129 e. The second kappa shape index (κ2) is 4.55. The van der Waals surface area contributed by atoms with Crippen LogP contribution in [0.2, 0.25) is 0 Å². The molecule has 1 aromatic heterocycles. The molecule has 1 unspecified atom stereocenters. The predicted molar refractivity (Wildman–Crippen MR) is 68.6 cm³/mol. The van der Waals surface area contributed by atoms with E-state index in [9.17, 15) is 5.11 Å². The lowest BCUT2D eigenvalue weighted by molar-refractivity contribution is 0.219. The first kappa shape index (κ1) is 11.6. The number of nitrogens with two attached hydrogens (primary N) is 1. The van der Waals surface area contributed by atoms with Gasteiger partial charge in [-0.2, -0.15) is 0 Å². The van der Waals surface area contributed by atoms with Crippen LogP contribution in [-0.4, -0.2) is 10.1 Å². The van der Waals surface area contributed by atoms with Gasteiger partial charge in [-0.3, -0.25) is 0 Å². The van der Waals surface area contributed by atoms with Gasteiger partial charge in [-0.05, 0) is 36.6 Å². The van der Waals surface area contributed by atoms with Crippen LogP contribution in [0.5, 0.6) is 0 Å². The summed E-state index contributed by atoms with van der Waals surface area (Å²) in [5.41, 5.74) is 9.40. The zero-order chi connectivity index (χ0) is 12.4. The summed E-state index contributed by atoms with van der Waals surface area (Å²) in [6, 6.07) is 9.60. The van der Waals surface area contributed by atoms with Crippen molar-refractivity contribution in [2.45, 2.75) is 20.0 Å². The Kier molecular flexibility index (Phi) is 3.11. The number of benzene rings is 1. The molecule has 0 radical (unpaired) electrons. The lowest BCUT2D eigenvalue weighted by atomic mass is 9.95. The molecule has 0 bridgehead atoms. The SMILES string of the molecule is Cc1ccccc1C(O)c1c(C)ccnc1N. The van der Waals surface area contributed by atoms with Gasteiger partial charge in [-0.15, -0.1) is 0 Å². The highest BCUT2D eigenvalue weighted by Crippen LogP contribution is 2.29. The molecule has 0 saturated heterocycles. The summed E-state index contributed by atoms with van der Waals surface area (Å²) in [5, 5.41) is 10.4. The molecule has 3 nitrogen and oxygen atoms in total. The van der Waals surface area contributed by atoms with Crippen molar-refractivity contribution in [2.24, 2.45) is 0 Å². The standard InChI is InChI=1S/C14H16N2O/c1-9-5-3-4-6-11(9)13(17)12-10(2)7-8-16-14(12)15/h3-8,13,17H,1-2H3,(H2,15,16). The fourth-order valence-electron chi connectivity index (χ4n) is 2.00. The van der Waals surface area contributed by atoms with E-state index < -0.39 is 6.10 Å². The highest BCUT2D eigenvalue weighted by atomic mass is 16.3. The van der Waals surface area contributed by atoms with Crippen molar-refractivity contribution in [2.75, 3.05) is 5.73 Å². The van der Waals surface area contributed by atoms with Crippen LogP contribution in [0.4, 0.5) is 5.82 Å². The molecule has 0 fully saturated rings. The largest absolute Gasteiger partial charge is 0.383 e. The van der Waals surface area contributed by atoms with Crippen LogP contribution in [0.1, 0.15) is 28.4 Å². The van der Waals surface area contributed by atoms with Gasteiger partial charge >= 0.3 is 0 Å². The number of pyridine rings is 1. The minimum absolute atomic E-state index is 0.390. The topological polar surface area (TPSA) is 59.1 Å². The van der Waals surface area contributed by atoms with Crippen LogP contribution in [0.3, 0.4) is 0 Å². The van der Waals surface area contributed by atoms with Crippen molar-refractivity contribution in [3.8, 4) is 0 Å². The molecule has 3 N–H and O–H groups in total. The fraction of sp³-hybridized carbons (Fsp3) is 0.214. The fourth-order valence-corrected chi connectivity index (χ4v) is 2.00. The van der Waals surface area contributed by atoms with Crippen LogP contribution in [0, 0.1) is 13.8 Å². The van der Waals surface area contributed by atoms with E-state index in [0.29, 0.717) is 11.4 Å². The van der Waals surface area contributed by atoms with Gasteiger partial charge in [0.2, 0.25) is 0 Å². The molecule has 88 valence electrons. The van der Waals surface area contributed by atoms with E-state index in [2.05, 4.69) is 4.98 Å². The van der Waals surface area contributed by atoms with Crippen LogP contribution >= 0.6 is 0 Å². The molecule has 1 atom stereocenters. The Labute approximate surface area is 101 Å². The van der Waals surface area contributed by atoms with Gasteiger partial charge in [0.05, 0.1) is 0 Å². The molecular formula is C14H16N2O. The van der Waals surface area contributed by atoms with Crippen LogP contribution in [0.15, 0.2) is 36.5 Å². The number of aromatic nitrogens is 1. The average Bonchev–Trinajstić information content (AvgIpc) is 2.29. The molecule has 3 heteroatoms.